The first-order valence-corrected chi connectivity index (χ1v) is 6.93. The van der Waals surface area contributed by atoms with Crippen LogP contribution in [-0.2, 0) is 6.54 Å². The number of amides is 1. The van der Waals surface area contributed by atoms with Gasteiger partial charge in [-0.25, -0.2) is 0 Å². The smallest absolute Gasteiger partial charge is 0.274 e. The standard InChI is InChI=1S/C16H17N3O2/c1-11-3-2-6-18-15(11)16(20)19-13-4-5-14-12(9-13)10-17-7-8-21-14/h2-6,9,17H,7-8,10H2,1H3,(H,19,20). The van der Waals surface area contributed by atoms with Gasteiger partial charge in [-0.05, 0) is 36.8 Å². The Labute approximate surface area is 123 Å². The summed E-state index contributed by atoms with van der Waals surface area (Å²) in [7, 11) is 0. The summed E-state index contributed by atoms with van der Waals surface area (Å²) < 4.78 is 5.62. The first-order chi connectivity index (χ1) is 10.2. The van der Waals surface area contributed by atoms with Crippen LogP contribution in [0.15, 0.2) is 36.5 Å². The topological polar surface area (TPSA) is 63.2 Å². The van der Waals surface area contributed by atoms with Gasteiger partial charge in [-0.2, -0.15) is 0 Å². The summed E-state index contributed by atoms with van der Waals surface area (Å²) in [4.78, 5) is 16.4. The van der Waals surface area contributed by atoms with Crippen molar-refractivity contribution in [2.45, 2.75) is 13.5 Å². The number of fused-ring (bicyclic) bond motifs is 1. The third-order valence-corrected chi connectivity index (χ3v) is 3.39. The van der Waals surface area contributed by atoms with Crippen LogP contribution in [0.1, 0.15) is 21.6 Å². The largest absolute Gasteiger partial charge is 0.492 e. The summed E-state index contributed by atoms with van der Waals surface area (Å²) in [6.45, 7) is 4.09. The van der Waals surface area contributed by atoms with E-state index in [-0.39, 0.29) is 5.91 Å². The summed E-state index contributed by atoms with van der Waals surface area (Å²) in [6.07, 6.45) is 1.62. The number of rotatable bonds is 2. The Balaban J connectivity index is 1.81. The van der Waals surface area contributed by atoms with Crippen molar-refractivity contribution in [3.8, 4) is 5.75 Å². The molecule has 0 bridgehead atoms. The predicted molar refractivity (Wildman–Crippen MR) is 80.6 cm³/mol. The monoisotopic (exact) mass is 283 g/mol. The molecule has 1 amide bonds. The summed E-state index contributed by atoms with van der Waals surface area (Å²) in [5.74, 6) is 0.669. The minimum absolute atomic E-state index is 0.199. The van der Waals surface area contributed by atoms with E-state index in [4.69, 9.17) is 4.74 Å². The van der Waals surface area contributed by atoms with Crippen LogP contribution < -0.4 is 15.4 Å². The van der Waals surface area contributed by atoms with Crippen molar-refractivity contribution in [3.05, 3.63) is 53.3 Å². The highest BCUT2D eigenvalue weighted by Gasteiger charge is 2.13. The molecule has 2 heterocycles. The normalized spacial score (nSPS) is 13.8. The Morgan fingerprint density at radius 3 is 3.14 bits per heavy atom. The van der Waals surface area contributed by atoms with Crippen molar-refractivity contribution in [3.63, 3.8) is 0 Å². The second-order valence-electron chi connectivity index (χ2n) is 4.97. The second-order valence-corrected chi connectivity index (χ2v) is 4.97. The number of aromatic nitrogens is 1. The van der Waals surface area contributed by atoms with E-state index in [1.54, 1.807) is 6.20 Å². The molecule has 0 spiro atoms. The Morgan fingerprint density at radius 1 is 1.38 bits per heavy atom. The van der Waals surface area contributed by atoms with Crippen LogP contribution >= 0.6 is 0 Å². The number of pyridine rings is 1. The Morgan fingerprint density at radius 2 is 2.29 bits per heavy atom. The SMILES string of the molecule is Cc1cccnc1C(=O)Nc1ccc2c(c1)CNCCO2. The molecule has 0 radical (unpaired) electrons. The molecule has 0 fully saturated rings. The van der Waals surface area contributed by atoms with Gasteiger partial charge in [0, 0.05) is 30.5 Å². The third kappa shape index (κ3) is 3.03. The number of carbonyl (C=O) groups excluding carboxylic acids is 1. The van der Waals surface area contributed by atoms with E-state index in [1.807, 2.05) is 37.3 Å². The van der Waals surface area contributed by atoms with Gasteiger partial charge in [0.2, 0.25) is 0 Å². The average Bonchev–Trinajstić information content (AvgIpc) is 2.72. The van der Waals surface area contributed by atoms with Gasteiger partial charge in [0.25, 0.3) is 5.91 Å². The quantitative estimate of drug-likeness (QED) is 0.886. The maximum Gasteiger partial charge on any atom is 0.274 e. The third-order valence-electron chi connectivity index (χ3n) is 3.39. The molecule has 1 aliphatic rings. The molecular formula is C16H17N3O2. The zero-order chi connectivity index (χ0) is 14.7. The van der Waals surface area contributed by atoms with Gasteiger partial charge in [0.15, 0.2) is 0 Å². The maximum atomic E-state index is 12.3. The molecule has 1 aliphatic heterocycles. The van der Waals surface area contributed by atoms with E-state index >= 15 is 0 Å². The minimum Gasteiger partial charge on any atom is -0.492 e. The molecule has 0 aliphatic carbocycles. The fourth-order valence-electron chi connectivity index (χ4n) is 2.31. The molecule has 1 aromatic heterocycles. The molecule has 0 saturated carbocycles. The molecule has 21 heavy (non-hydrogen) atoms. The van der Waals surface area contributed by atoms with E-state index < -0.39 is 0 Å². The number of nitrogens with one attached hydrogen (secondary N) is 2. The van der Waals surface area contributed by atoms with Crippen molar-refractivity contribution in [2.24, 2.45) is 0 Å². The van der Waals surface area contributed by atoms with Gasteiger partial charge in [-0.15, -0.1) is 0 Å². The van der Waals surface area contributed by atoms with Gasteiger partial charge < -0.3 is 15.4 Å². The summed E-state index contributed by atoms with van der Waals surface area (Å²) >= 11 is 0. The maximum absolute atomic E-state index is 12.3. The molecule has 108 valence electrons. The number of ether oxygens (including phenoxy) is 1. The van der Waals surface area contributed by atoms with Gasteiger partial charge in [0.1, 0.15) is 18.1 Å². The molecule has 2 N–H and O–H groups in total. The van der Waals surface area contributed by atoms with Crippen LogP contribution in [0.25, 0.3) is 0 Å². The molecule has 5 nitrogen and oxygen atoms in total. The zero-order valence-corrected chi connectivity index (χ0v) is 11.8. The van der Waals surface area contributed by atoms with Crippen LogP contribution in [0.2, 0.25) is 0 Å². The number of nitrogens with zero attached hydrogens (tertiary/aromatic N) is 1. The van der Waals surface area contributed by atoms with Crippen molar-refractivity contribution in [2.75, 3.05) is 18.5 Å². The van der Waals surface area contributed by atoms with E-state index in [1.165, 1.54) is 0 Å². The van der Waals surface area contributed by atoms with Crippen LogP contribution in [-0.4, -0.2) is 24.0 Å². The van der Waals surface area contributed by atoms with Crippen LogP contribution in [0.5, 0.6) is 5.75 Å². The molecule has 0 unspecified atom stereocenters. The highest BCUT2D eigenvalue weighted by Crippen LogP contribution is 2.24. The van der Waals surface area contributed by atoms with Gasteiger partial charge >= 0.3 is 0 Å². The van der Waals surface area contributed by atoms with E-state index in [0.29, 0.717) is 12.3 Å². The van der Waals surface area contributed by atoms with Gasteiger partial charge in [-0.3, -0.25) is 9.78 Å². The Hall–Kier alpha value is -2.40. The number of anilines is 1. The lowest BCUT2D eigenvalue weighted by Crippen LogP contribution is -2.16. The number of aryl methyl sites for hydroxylation is 1. The molecule has 1 aromatic carbocycles. The van der Waals surface area contributed by atoms with Gasteiger partial charge in [0.05, 0.1) is 0 Å². The molecule has 0 atom stereocenters. The van der Waals surface area contributed by atoms with Crippen molar-refractivity contribution in [1.82, 2.24) is 10.3 Å². The Kier molecular flexibility index (Phi) is 3.83. The molecule has 5 heteroatoms. The van der Waals surface area contributed by atoms with E-state index in [0.717, 1.165) is 35.7 Å². The lowest BCUT2D eigenvalue weighted by Gasteiger charge is -2.10. The molecule has 2 aromatic rings. The summed E-state index contributed by atoms with van der Waals surface area (Å²) in [5, 5.41) is 6.16. The predicted octanol–water partition coefficient (Wildman–Crippen LogP) is 2.12. The number of carbonyl (C=O) groups is 1. The fourth-order valence-corrected chi connectivity index (χ4v) is 2.31. The highest BCUT2D eigenvalue weighted by atomic mass is 16.5. The minimum atomic E-state index is -0.199. The Bertz CT molecular complexity index is 670. The lowest BCUT2D eigenvalue weighted by molar-refractivity contribution is 0.102. The highest BCUT2D eigenvalue weighted by molar-refractivity contribution is 6.03. The number of hydrogen-bond donors (Lipinski definition) is 2. The van der Waals surface area contributed by atoms with E-state index in [2.05, 4.69) is 15.6 Å². The molecule has 3 rings (SSSR count). The van der Waals surface area contributed by atoms with Crippen LogP contribution in [0.4, 0.5) is 5.69 Å². The lowest BCUT2D eigenvalue weighted by atomic mass is 10.1. The second kappa shape index (κ2) is 5.93. The fraction of sp³-hybridized carbons (Fsp3) is 0.250. The summed E-state index contributed by atoms with van der Waals surface area (Å²) in [5.41, 5.74) is 3.09. The molecule has 0 saturated heterocycles. The van der Waals surface area contributed by atoms with Crippen molar-refractivity contribution < 1.29 is 9.53 Å². The van der Waals surface area contributed by atoms with E-state index in [9.17, 15) is 4.79 Å². The molecular weight excluding hydrogens is 266 g/mol. The average molecular weight is 283 g/mol. The van der Waals surface area contributed by atoms with Crippen LogP contribution in [0.3, 0.4) is 0 Å². The zero-order valence-electron chi connectivity index (χ0n) is 11.8. The van der Waals surface area contributed by atoms with Crippen LogP contribution in [0, 0.1) is 6.92 Å². The summed E-state index contributed by atoms with van der Waals surface area (Å²) in [6, 6.07) is 9.36. The van der Waals surface area contributed by atoms with Crippen molar-refractivity contribution >= 4 is 11.6 Å². The number of benzene rings is 1. The first kappa shape index (κ1) is 13.6. The first-order valence-electron chi connectivity index (χ1n) is 6.93. The van der Waals surface area contributed by atoms with Crippen molar-refractivity contribution in [1.29, 1.82) is 0 Å². The number of hydrogen-bond acceptors (Lipinski definition) is 4. The van der Waals surface area contributed by atoms with Gasteiger partial charge in [-0.1, -0.05) is 6.07 Å².